The molecule has 3 heteroatoms. The Balaban J connectivity index is 2.13. The van der Waals surface area contributed by atoms with Crippen LogP contribution in [0, 0.1) is 0 Å². The lowest BCUT2D eigenvalue weighted by Crippen LogP contribution is -2.26. The number of aliphatic hydroxyl groups is 2. The third-order valence-electron chi connectivity index (χ3n) is 4.00. The fourth-order valence-corrected chi connectivity index (χ4v) is 2.78. The molecule has 2 N–H and O–H groups in total. The fourth-order valence-electron chi connectivity index (χ4n) is 2.78. The Hall–Kier alpha value is -2.36. The normalized spacial score (nSPS) is 13.8. The van der Waals surface area contributed by atoms with Crippen molar-refractivity contribution in [2.75, 3.05) is 0 Å². The van der Waals surface area contributed by atoms with Gasteiger partial charge in [-0.25, -0.2) is 0 Å². The van der Waals surface area contributed by atoms with Gasteiger partial charge in [-0.05, 0) is 30.7 Å². The van der Waals surface area contributed by atoms with Gasteiger partial charge in [-0.3, -0.25) is 0 Å². The molecule has 0 aliphatic rings. The number of aliphatic hydroxyl groups excluding tert-OH is 1. The Labute approximate surface area is 130 Å². The van der Waals surface area contributed by atoms with Gasteiger partial charge in [-0.1, -0.05) is 48.5 Å². The van der Waals surface area contributed by atoms with Crippen molar-refractivity contribution in [3.63, 3.8) is 0 Å². The minimum Gasteiger partial charge on any atom is -0.392 e. The molecule has 3 rings (SSSR count). The number of nitrogens with zero attached hydrogens (tertiary/aromatic N) is 1. The van der Waals surface area contributed by atoms with Crippen LogP contribution in [0.4, 0.5) is 0 Å². The van der Waals surface area contributed by atoms with Crippen LogP contribution in [0.25, 0.3) is 5.69 Å². The first-order valence-electron chi connectivity index (χ1n) is 7.29. The standard InChI is InChI=1S/C19H19NO2/c1-19(22,16-9-3-2-4-10-16)18-12-7-13-20(18)17-11-6-5-8-15(17)14-21/h2-13,21-22H,14H2,1H3. The van der Waals surface area contributed by atoms with Crippen molar-refractivity contribution in [3.8, 4) is 5.69 Å². The molecule has 3 aromatic rings. The summed E-state index contributed by atoms with van der Waals surface area (Å²) in [7, 11) is 0. The minimum atomic E-state index is -1.12. The van der Waals surface area contributed by atoms with Gasteiger partial charge in [-0.15, -0.1) is 0 Å². The van der Waals surface area contributed by atoms with Crippen LogP contribution in [0.2, 0.25) is 0 Å². The molecule has 0 saturated carbocycles. The maximum Gasteiger partial charge on any atom is 0.127 e. The van der Waals surface area contributed by atoms with E-state index in [1.807, 2.05) is 77.5 Å². The summed E-state index contributed by atoms with van der Waals surface area (Å²) in [4.78, 5) is 0. The van der Waals surface area contributed by atoms with Crippen molar-refractivity contribution in [3.05, 3.63) is 89.7 Å². The summed E-state index contributed by atoms with van der Waals surface area (Å²) in [6.07, 6.45) is 1.90. The maximum absolute atomic E-state index is 11.1. The van der Waals surface area contributed by atoms with E-state index in [1.54, 1.807) is 6.92 Å². The Morgan fingerprint density at radius 1 is 0.909 bits per heavy atom. The quantitative estimate of drug-likeness (QED) is 0.776. The minimum absolute atomic E-state index is 0.0404. The number of benzene rings is 2. The summed E-state index contributed by atoms with van der Waals surface area (Å²) in [6.45, 7) is 1.75. The van der Waals surface area contributed by atoms with Crippen molar-refractivity contribution in [2.45, 2.75) is 19.1 Å². The third kappa shape index (κ3) is 2.45. The molecular weight excluding hydrogens is 274 g/mol. The Kier molecular flexibility index (Phi) is 3.84. The van der Waals surface area contributed by atoms with Crippen molar-refractivity contribution in [1.29, 1.82) is 0 Å². The van der Waals surface area contributed by atoms with E-state index in [4.69, 9.17) is 0 Å². The molecule has 0 spiro atoms. The van der Waals surface area contributed by atoms with Gasteiger partial charge in [0.2, 0.25) is 0 Å². The molecule has 0 aliphatic carbocycles. The molecule has 0 saturated heterocycles. The van der Waals surface area contributed by atoms with Gasteiger partial charge in [-0.2, -0.15) is 0 Å². The topological polar surface area (TPSA) is 45.4 Å². The molecule has 2 aromatic carbocycles. The lowest BCUT2D eigenvalue weighted by Gasteiger charge is -2.26. The first kappa shape index (κ1) is 14.6. The highest BCUT2D eigenvalue weighted by Crippen LogP contribution is 2.31. The van der Waals surface area contributed by atoms with E-state index >= 15 is 0 Å². The third-order valence-corrected chi connectivity index (χ3v) is 4.00. The van der Waals surface area contributed by atoms with Gasteiger partial charge < -0.3 is 14.8 Å². The van der Waals surface area contributed by atoms with Crippen LogP contribution in [0.5, 0.6) is 0 Å². The average Bonchev–Trinajstić information content (AvgIpc) is 3.06. The molecule has 1 atom stereocenters. The zero-order valence-corrected chi connectivity index (χ0v) is 12.5. The van der Waals surface area contributed by atoms with E-state index in [0.717, 1.165) is 22.5 Å². The molecular formula is C19H19NO2. The Morgan fingerprint density at radius 2 is 1.59 bits per heavy atom. The van der Waals surface area contributed by atoms with E-state index in [9.17, 15) is 10.2 Å². The van der Waals surface area contributed by atoms with Gasteiger partial charge in [0, 0.05) is 11.8 Å². The maximum atomic E-state index is 11.1. The predicted octanol–water partition coefficient (Wildman–Crippen LogP) is 3.23. The number of aromatic nitrogens is 1. The summed E-state index contributed by atoms with van der Waals surface area (Å²) in [5.74, 6) is 0. The van der Waals surface area contributed by atoms with Crippen molar-refractivity contribution >= 4 is 0 Å². The van der Waals surface area contributed by atoms with Gasteiger partial charge in [0.05, 0.1) is 18.0 Å². The van der Waals surface area contributed by atoms with E-state index < -0.39 is 5.60 Å². The average molecular weight is 293 g/mol. The summed E-state index contributed by atoms with van der Waals surface area (Å²) < 4.78 is 1.93. The molecule has 0 bridgehead atoms. The van der Waals surface area contributed by atoms with E-state index in [-0.39, 0.29) is 6.61 Å². The van der Waals surface area contributed by atoms with Crippen LogP contribution in [-0.4, -0.2) is 14.8 Å². The summed E-state index contributed by atoms with van der Waals surface area (Å²) in [5, 5.41) is 20.6. The lowest BCUT2D eigenvalue weighted by molar-refractivity contribution is 0.0955. The fraction of sp³-hybridized carbons (Fsp3) is 0.158. The second-order valence-corrected chi connectivity index (χ2v) is 5.49. The van der Waals surface area contributed by atoms with Gasteiger partial charge >= 0.3 is 0 Å². The van der Waals surface area contributed by atoms with Crippen LogP contribution >= 0.6 is 0 Å². The van der Waals surface area contributed by atoms with Crippen LogP contribution in [0.1, 0.15) is 23.7 Å². The molecule has 0 fully saturated rings. The predicted molar refractivity (Wildman–Crippen MR) is 86.8 cm³/mol. The highest BCUT2D eigenvalue weighted by Gasteiger charge is 2.29. The second-order valence-electron chi connectivity index (χ2n) is 5.49. The largest absolute Gasteiger partial charge is 0.392 e. The Morgan fingerprint density at radius 3 is 2.32 bits per heavy atom. The van der Waals surface area contributed by atoms with Gasteiger partial charge in [0.25, 0.3) is 0 Å². The molecule has 0 aliphatic heterocycles. The van der Waals surface area contributed by atoms with Crippen LogP contribution in [0.3, 0.4) is 0 Å². The van der Waals surface area contributed by atoms with Crippen LogP contribution in [-0.2, 0) is 12.2 Å². The molecule has 0 amide bonds. The molecule has 1 unspecified atom stereocenters. The summed E-state index contributed by atoms with van der Waals surface area (Å²) in [5.41, 5.74) is 2.17. The van der Waals surface area contributed by atoms with Crippen molar-refractivity contribution in [1.82, 2.24) is 4.57 Å². The molecule has 3 nitrogen and oxygen atoms in total. The summed E-state index contributed by atoms with van der Waals surface area (Å²) >= 11 is 0. The lowest BCUT2D eigenvalue weighted by atomic mass is 9.92. The zero-order valence-electron chi connectivity index (χ0n) is 12.5. The highest BCUT2D eigenvalue weighted by atomic mass is 16.3. The van der Waals surface area contributed by atoms with Crippen LogP contribution in [0.15, 0.2) is 72.9 Å². The first-order valence-corrected chi connectivity index (χ1v) is 7.29. The molecule has 22 heavy (non-hydrogen) atoms. The second kappa shape index (κ2) is 5.79. The Bertz CT molecular complexity index is 760. The first-order chi connectivity index (χ1) is 10.6. The smallest absolute Gasteiger partial charge is 0.127 e. The zero-order chi connectivity index (χ0) is 15.6. The van der Waals surface area contributed by atoms with Gasteiger partial charge in [0.1, 0.15) is 5.60 Å². The number of hydrogen-bond donors (Lipinski definition) is 2. The highest BCUT2D eigenvalue weighted by molar-refractivity contribution is 5.45. The molecule has 112 valence electrons. The van der Waals surface area contributed by atoms with E-state index in [1.165, 1.54) is 0 Å². The summed E-state index contributed by atoms with van der Waals surface area (Å²) in [6, 6.07) is 21.0. The van der Waals surface area contributed by atoms with E-state index in [2.05, 4.69) is 0 Å². The number of para-hydroxylation sites is 1. The molecule has 1 aromatic heterocycles. The molecule has 0 radical (unpaired) electrons. The van der Waals surface area contributed by atoms with Crippen LogP contribution < -0.4 is 0 Å². The monoisotopic (exact) mass is 293 g/mol. The van der Waals surface area contributed by atoms with Crippen molar-refractivity contribution < 1.29 is 10.2 Å². The molecule has 1 heterocycles. The SMILES string of the molecule is CC(O)(c1ccccc1)c1cccn1-c1ccccc1CO. The van der Waals surface area contributed by atoms with Crippen molar-refractivity contribution in [2.24, 2.45) is 0 Å². The van der Waals surface area contributed by atoms with E-state index in [0.29, 0.717) is 0 Å². The number of hydrogen-bond acceptors (Lipinski definition) is 2. The van der Waals surface area contributed by atoms with Gasteiger partial charge in [0.15, 0.2) is 0 Å². The number of rotatable bonds is 4.